The number of benzene rings is 1. The number of nitrogen functional groups attached to an aromatic ring is 1. The maximum atomic E-state index is 13.3. The monoisotopic (exact) mass is 694 g/mol. The van der Waals surface area contributed by atoms with Gasteiger partial charge in [-0.05, 0) is 36.2 Å². The first-order chi connectivity index (χ1) is 22.5. The van der Waals surface area contributed by atoms with Gasteiger partial charge < -0.3 is 46.2 Å². The van der Waals surface area contributed by atoms with Crippen LogP contribution in [-0.2, 0) is 42.6 Å². The molecule has 2 fully saturated rings. The zero-order valence-electron chi connectivity index (χ0n) is 25.0. The molecule has 0 radical (unpaired) electrons. The van der Waals surface area contributed by atoms with Gasteiger partial charge in [-0.15, -0.1) is 11.3 Å². The van der Waals surface area contributed by atoms with Crippen LogP contribution in [0.5, 0.6) is 5.75 Å². The number of ether oxygens (including phenoxy) is 2. The molecule has 2 unspecified atom stereocenters. The van der Waals surface area contributed by atoms with Crippen LogP contribution in [0.25, 0.3) is 0 Å². The third-order valence-corrected chi connectivity index (χ3v) is 9.05. The number of carbonyl (C=O) groups is 3. The van der Waals surface area contributed by atoms with Crippen LogP contribution in [0, 0.1) is 5.41 Å². The molecule has 3 aliphatic heterocycles. The average Bonchev–Trinajstić information content (AvgIpc) is 3.76. The summed E-state index contributed by atoms with van der Waals surface area (Å²) in [6.45, 7) is 2.15. The number of aromatic nitrogens is 1. The lowest BCUT2D eigenvalue weighted by Gasteiger charge is -2.45. The van der Waals surface area contributed by atoms with Gasteiger partial charge in [-0.3, -0.25) is 19.6 Å². The van der Waals surface area contributed by atoms with Gasteiger partial charge in [0.2, 0.25) is 0 Å². The Morgan fingerprint density at radius 1 is 1.26 bits per heavy atom. The van der Waals surface area contributed by atoms with E-state index in [0.717, 1.165) is 33.8 Å². The van der Waals surface area contributed by atoms with Gasteiger partial charge in [0, 0.05) is 31.6 Å². The largest absolute Gasteiger partial charge is 0.490 e. The van der Waals surface area contributed by atoms with E-state index in [1.165, 1.54) is 5.38 Å². The second-order valence-electron chi connectivity index (χ2n) is 10.6. The van der Waals surface area contributed by atoms with Crippen molar-refractivity contribution in [3.05, 3.63) is 40.4 Å². The number of hydrogen-bond acceptors (Lipinski definition) is 14. The molecule has 5 rings (SSSR count). The van der Waals surface area contributed by atoms with Gasteiger partial charge in [-0.2, -0.15) is 8.42 Å². The summed E-state index contributed by atoms with van der Waals surface area (Å²) in [5.41, 5.74) is 13.0. The number of nitrogens with one attached hydrogen (secondary N) is 3. The molecule has 2 saturated heterocycles. The third kappa shape index (κ3) is 7.81. The molecule has 0 spiro atoms. The number of carbonyl (C=O) groups excluding carboxylic acids is 3. The first-order valence-electron chi connectivity index (χ1n) is 14.4. The summed E-state index contributed by atoms with van der Waals surface area (Å²) in [4.78, 5) is 50.4. The van der Waals surface area contributed by atoms with Gasteiger partial charge in [0.15, 0.2) is 23.4 Å². The van der Waals surface area contributed by atoms with Crippen LogP contribution in [0.4, 0.5) is 9.93 Å². The van der Waals surface area contributed by atoms with Crippen LogP contribution >= 0.6 is 11.3 Å². The lowest BCUT2D eigenvalue weighted by molar-refractivity contribution is -0.145. The van der Waals surface area contributed by atoms with E-state index in [1.807, 2.05) is 17.0 Å². The number of anilines is 1. The number of fused-ring (bicyclic) bond motifs is 1. The first-order valence-corrected chi connectivity index (χ1v) is 16.7. The van der Waals surface area contributed by atoms with Crippen molar-refractivity contribution in [3.63, 3.8) is 0 Å². The van der Waals surface area contributed by atoms with Gasteiger partial charge in [-0.1, -0.05) is 11.2 Å². The van der Waals surface area contributed by atoms with E-state index in [2.05, 4.69) is 20.8 Å². The van der Waals surface area contributed by atoms with Gasteiger partial charge in [0.1, 0.15) is 30.7 Å². The van der Waals surface area contributed by atoms with Crippen LogP contribution in [0.15, 0.2) is 28.7 Å². The molecule has 8 N–H and O–H groups in total. The minimum atomic E-state index is -4.98. The number of nitrogens with two attached hydrogens (primary N) is 2. The molecule has 0 saturated carbocycles. The van der Waals surface area contributed by atoms with E-state index in [4.69, 9.17) is 31.2 Å². The molecule has 3 amide bonds. The number of β-lactam (4-membered cyclic amide) rings is 1. The molecule has 4 heterocycles. The lowest BCUT2D eigenvalue weighted by Crippen LogP contribution is -2.74. The number of amides is 3. The highest BCUT2D eigenvalue weighted by Crippen LogP contribution is 2.27. The SMILES string of the molecule is N=C(NCCCN)N1Cc2ccc(OCCO/N=C(\C(=O)NC3C(=O)N(S(=O)(=O)O)C3CN3CCOC3=O)c3csc(N)n3)cc2C1. The Balaban J connectivity index is 1.18. The Labute approximate surface area is 273 Å². The maximum absolute atomic E-state index is 13.3. The van der Waals surface area contributed by atoms with Crippen molar-refractivity contribution in [1.29, 1.82) is 5.41 Å². The number of thiazole rings is 1. The van der Waals surface area contributed by atoms with Crippen LogP contribution in [0.1, 0.15) is 23.2 Å². The van der Waals surface area contributed by atoms with Crippen molar-refractivity contribution in [2.45, 2.75) is 31.6 Å². The average molecular weight is 695 g/mol. The highest BCUT2D eigenvalue weighted by atomic mass is 32.2. The standard InChI is InChI=1S/C26H34N10O9S2/c27-4-1-5-30-24(28)35-11-15-2-3-17(10-16(15)12-35)43-8-9-45-33-20(18-14-46-25(29)31-18)22(37)32-21-19(13-34-6-7-44-26(34)39)36(23(21)38)47(40,41)42/h2-3,10,14,19,21H,1,4-9,11-13,27H2,(H2,28,30)(H2,29,31)(H,32,37)(H,40,41,42)/b33-20-. The van der Waals surface area contributed by atoms with Crippen molar-refractivity contribution in [2.24, 2.45) is 10.9 Å². The molecule has 47 heavy (non-hydrogen) atoms. The molecule has 19 nitrogen and oxygen atoms in total. The van der Waals surface area contributed by atoms with Gasteiger partial charge in [-0.25, -0.2) is 14.1 Å². The summed E-state index contributed by atoms with van der Waals surface area (Å²) in [5, 5.41) is 19.2. The van der Waals surface area contributed by atoms with Crippen LogP contribution in [-0.4, -0.2) is 120 Å². The molecule has 21 heteroatoms. The fourth-order valence-electron chi connectivity index (χ4n) is 5.11. The highest BCUT2D eigenvalue weighted by Gasteiger charge is 2.55. The molecule has 0 bridgehead atoms. The van der Waals surface area contributed by atoms with E-state index in [1.54, 1.807) is 6.07 Å². The summed E-state index contributed by atoms with van der Waals surface area (Å²) in [6, 6.07) is 2.88. The smallest absolute Gasteiger partial charge is 0.410 e. The van der Waals surface area contributed by atoms with Crippen molar-refractivity contribution < 1.29 is 41.7 Å². The minimum absolute atomic E-state index is 0.0373. The first kappa shape index (κ1) is 33.6. The maximum Gasteiger partial charge on any atom is 0.410 e. The van der Waals surface area contributed by atoms with Gasteiger partial charge in [0.25, 0.3) is 11.8 Å². The van der Waals surface area contributed by atoms with Crippen molar-refractivity contribution in [3.8, 4) is 5.75 Å². The van der Waals surface area contributed by atoms with E-state index >= 15 is 0 Å². The van der Waals surface area contributed by atoms with Crippen molar-refractivity contribution in [2.75, 3.05) is 51.7 Å². The summed E-state index contributed by atoms with van der Waals surface area (Å²) in [6.07, 6.45) is 0.0422. The Bertz CT molecular complexity index is 1670. The van der Waals surface area contributed by atoms with E-state index in [-0.39, 0.29) is 53.8 Å². The molecule has 2 aromatic rings. The molecule has 254 valence electrons. The van der Waals surface area contributed by atoms with E-state index < -0.39 is 40.3 Å². The number of rotatable bonds is 14. The Morgan fingerprint density at radius 3 is 2.72 bits per heavy atom. The zero-order chi connectivity index (χ0) is 33.7. The predicted octanol–water partition coefficient (Wildman–Crippen LogP) is -1.34. The Hall–Kier alpha value is -4.73. The predicted molar refractivity (Wildman–Crippen MR) is 167 cm³/mol. The molecular formula is C26H34N10O9S2. The lowest BCUT2D eigenvalue weighted by atomic mass is 9.97. The zero-order valence-corrected chi connectivity index (χ0v) is 26.6. The summed E-state index contributed by atoms with van der Waals surface area (Å²) in [7, 11) is -4.98. The van der Waals surface area contributed by atoms with Crippen molar-refractivity contribution in [1.82, 2.24) is 29.7 Å². The number of cyclic esters (lactones) is 1. The Morgan fingerprint density at radius 2 is 2.04 bits per heavy atom. The molecule has 0 aliphatic carbocycles. The minimum Gasteiger partial charge on any atom is -0.490 e. The summed E-state index contributed by atoms with van der Waals surface area (Å²) in [5.74, 6) is -1.15. The van der Waals surface area contributed by atoms with Crippen LogP contribution < -0.4 is 26.8 Å². The van der Waals surface area contributed by atoms with Crippen LogP contribution in [0.2, 0.25) is 0 Å². The topological polar surface area (TPSA) is 268 Å². The van der Waals surface area contributed by atoms with Gasteiger partial charge >= 0.3 is 16.4 Å². The second kappa shape index (κ2) is 14.4. The quantitative estimate of drug-likeness (QED) is 0.0334. The number of nitrogens with zero attached hydrogens (tertiary/aromatic N) is 5. The highest BCUT2D eigenvalue weighted by molar-refractivity contribution is 7.84. The molecule has 2 atom stereocenters. The fourth-order valence-corrected chi connectivity index (χ4v) is 6.53. The van der Waals surface area contributed by atoms with E-state index in [0.29, 0.717) is 37.9 Å². The van der Waals surface area contributed by atoms with Crippen molar-refractivity contribution >= 4 is 56.4 Å². The Kier molecular flexibility index (Phi) is 10.3. The van der Waals surface area contributed by atoms with Crippen LogP contribution in [0.3, 0.4) is 0 Å². The van der Waals surface area contributed by atoms with E-state index in [9.17, 15) is 27.4 Å². The van der Waals surface area contributed by atoms with Gasteiger partial charge in [0.05, 0.1) is 12.6 Å². The molecular weight excluding hydrogens is 660 g/mol. The molecule has 1 aromatic heterocycles. The molecule has 1 aromatic carbocycles. The number of hydrogen-bond donors (Lipinski definition) is 6. The third-order valence-electron chi connectivity index (χ3n) is 7.43. The second-order valence-corrected chi connectivity index (χ2v) is 12.8. The molecule has 3 aliphatic rings. The summed E-state index contributed by atoms with van der Waals surface area (Å²) >= 11 is 1.03. The fraction of sp³-hybridized carbons (Fsp3) is 0.462. The number of guanidine groups is 1. The summed E-state index contributed by atoms with van der Waals surface area (Å²) < 4.78 is 44.1. The normalized spacial score (nSPS) is 19.3. The number of oxime groups is 1.